The predicted octanol–water partition coefficient (Wildman–Crippen LogP) is 2.40. The second-order valence-corrected chi connectivity index (χ2v) is 6.62. The maximum absolute atomic E-state index is 12.4. The molecule has 0 aromatic rings. The van der Waals surface area contributed by atoms with Crippen molar-refractivity contribution in [2.24, 2.45) is 17.3 Å². The Bertz CT molecular complexity index is 486. The number of ketones is 1. The Hall–Kier alpha value is -1.12. The monoisotopic (exact) mass is 246 g/mol. The van der Waals surface area contributed by atoms with Crippen molar-refractivity contribution < 1.29 is 14.3 Å². The lowest BCUT2D eigenvalue weighted by molar-refractivity contribution is -0.152. The van der Waals surface area contributed by atoms with Crippen LogP contribution in [0.5, 0.6) is 0 Å². The van der Waals surface area contributed by atoms with Crippen LogP contribution in [-0.4, -0.2) is 17.4 Å². The van der Waals surface area contributed by atoms with Crippen molar-refractivity contribution >= 4 is 11.8 Å². The first-order valence-corrected chi connectivity index (χ1v) is 7.04. The van der Waals surface area contributed by atoms with E-state index in [-0.39, 0.29) is 29.0 Å². The number of hydrogen-bond donors (Lipinski definition) is 0. The second kappa shape index (κ2) is 3.06. The number of Topliss-reactive ketones (excluding diaryl/α,β-unsaturated/α-hetero) is 1. The first kappa shape index (κ1) is 10.8. The van der Waals surface area contributed by atoms with Crippen LogP contribution < -0.4 is 0 Å². The van der Waals surface area contributed by atoms with Gasteiger partial charge < -0.3 is 4.74 Å². The minimum Gasteiger partial charge on any atom is -0.458 e. The van der Waals surface area contributed by atoms with Gasteiger partial charge in [-0.05, 0) is 44.6 Å². The van der Waals surface area contributed by atoms with Gasteiger partial charge in [-0.15, -0.1) is 0 Å². The van der Waals surface area contributed by atoms with E-state index in [0.717, 1.165) is 37.7 Å². The molecule has 0 aromatic heterocycles. The molecule has 1 heterocycles. The molecule has 96 valence electrons. The van der Waals surface area contributed by atoms with Crippen LogP contribution in [0.4, 0.5) is 0 Å². The highest BCUT2D eigenvalue weighted by molar-refractivity contribution is 6.00. The number of esters is 1. The summed E-state index contributed by atoms with van der Waals surface area (Å²) in [5, 5.41) is 0. The Morgan fingerprint density at radius 3 is 2.83 bits per heavy atom. The van der Waals surface area contributed by atoms with Crippen LogP contribution in [0.2, 0.25) is 0 Å². The Morgan fingerprint density at radius 2 is 2.11 bits per heavy atom. The fourth-order valence-electron chi connectivity index (χ4n) is 4.81. The topological polar surface area (TPSA) is 43.4 Å². The largest absolute Gasteiger partial charge is 0.458 e. The lowest BCUT2D eigenvalue weighted by atomic mass is 9.59. The van der Waals surface area contributed by atoms with E-state index < -0.39 is 5.60 Å². The number of carbonyl (C=O) groups excluding carboxylic acids is 2. The summed E-state index contributed by atoms with van der Waals surface area (Å²) in [6, 6.07) is 0. The van der Waals surface area contributed by atoms with Crippen LogP contribution in [0.15, 0.2) is 11.6 Å². The molecule has 2 bridgehead atoms. The molecule has 1 aliphatic heterocycles. The van der Waals surface area contributed by atoms with Gasteiger partial charge in [-0.2, -0.15) is 0 Å². The highest BCUT2D eigenvalue weighted by Gasteiger charge is 2.70. The maximum Gasteiger partial charge on any atom is 0.309 e. The van der Waals surface area contributed by atoms with Crippen molar-refractivity contribution in [1.82, 2.24) is 0 Å². The third-order valence-electron chi connectivity index (χ3n) is 5.50. The fourth-order valence-corrected chi connectivity index (χ4v) is 4.81. The molecule has 3 atom stereocenters. The van der Waals surface area contributed by atoms with Crippen LogP contribution >= 0.6 is 0 Å². The number of carbonyl (C=O) groups is 2. The molecule has 1 spiro atoms. The molecule has 3 fully saturated rings. The normalized spacial score (nSPS) is 44.2. The molecule has 4 aliphatic rings. The predicted molar refractivity (Wildman–Crippen MR) is 64.7 cm³/mol. The molecular formula is C15H18O3. The van der Waals surface area contributed by atoms with Crippen LogP contribution in [0.25, 0.3) is 0 Å². The molecule has 0 amide bonds. The van der Waals surface area contributed by atoms with Crippen molar-refractivity contribution in [3.05, 3.63) is 11.6 Å². The van der Waals surface area contributed by atoms with Gasteiger partial charge in [0.1, 0.15) is 5.60 Å². The number of allylic oxidation sites excluding steroid dienone is 2. The van der Waals surface area contributed by atoms with Crippen LogP contribution in [0.3, 0.4) is 0 Å². The lowest BCUT2D eigenvalue weighted by Crippen LogP contribution is -2.48. The van der Waals surface area contributed by atoms with Crippen molar-refractivity contribution in [2.75, 3.05) is 0 Å². The van der Waals surface area contributed by atoms with Crippen molar-refractivity contribution in [3.63, 3.8) is 0 Å². The Kier molecular flexibility index (Phi) is 1.83. The molecule has 0 aromatic carbocycles. The minimum absolute atomic E-state index is 0.00132. The summed E-state index contributed by atoms with van der Waals surface area (Å²) < 4.78 is 5.65. The lowest BCUT2D eigenvalue weighted by Gasteiger charge is -2.43. The Labute approximate surface area is 107 Å². The summed E-state index contributed by atoms with van der Waals surface area (Å²) in [7, 11) is 0. The maximum atomic E-state index is 12.4. The molecular weight excluding hydrogens is 228 g/mol. The smallest absolute Gasteiger partial charge is 0.309 e. The van der Waals surface area contributed by atoms with E-state index in [0.29, 0.717) is 6.42 Å². The third-order valence-corrected chi connectivity index (χ3v) is 5.50. The van der Waals surface area contributed by atoms with Gasteiger partial charge in [0.25, 0.3) is 0 Å². The molecule has 3 nitrogen and oxygen atoms in total. The van der Waals surface area contributed by atoms with E-state index in [1.807, 2.05) is 6.92 Å². The summed E-state index contributed by atoms with van der Waals surface area (Å²) in [4.78, 5) is 24.5. The number of hydrogen-bond acceptors (Lipinski definition) is 3. The highest BCUT2D eigenvalue weighted by atomic mass is 16.6. The van der Waals surface area contributed by atoms with E-state index in [1.54, 1.807) is 0 Å². The first-order valence-electron chi connectivity index (χ1n) is 7.04. The van der Waals surface area contributed by atoms with Crippen molar-refractivity contribution in [2.45, 2.75) is 51.0 Å². The van der Waals surface area contributed by atoms with Crippen molar-refractivity contribution in [3.8, 4) is 0 Å². The average Bonchev–Trinajstić information content (AvgIpc) is 2.98. The average molecular weight is 246 g/mol. The van der Waals surface area contributed by atoms with E-state index in [9.17, 15) is 9.59 Å². The third kappa shape index (κ3) is 1.11. The summed E-state index contributed by atoms with van der Waals surface area (Å²) in [6.07, 6.45) is 7.56. The molecule has 18 heavy (non-hydrogen) atoms. The van der Waals surface area contributed by atoms with Gasteiger partial charge in [0.2, 0.25) is 0 Å². The molecule has 0 N–H and O–H groups in total. The summed E-state index contributed by atoms with van der Waals surface area (Å²) in [5.74, 6) is 0.461. The van der Waals surface area contributed by atoms with Gasteiger partial charge in [0, 0.05) is 11.3 Å². The van der Waals surface area contributed by atoms with Crippen molar-refractivity contribution in [1.29, 1.82) is 0 Å². The zero-order chi connectivity index (χ0) is 12.5. The molecule has 4 rings (SSSR count). The Morgan fingerprint density at radius 1 is 1.33 bits per heavy atom. The van der Waals surface area contributed by atoms with Gasteiger partial charge in [0.05, 0.1) is 12.3 Å². The van der Waals surface area contributed by atoms with Crippen LogP contribution in [0.1, 0.15) is 45.4 Å². The zero-order valence-corrected chi connectivity index (χ0v) is 10.7. The fraction of sp³-hybridized carbons (Fsp3) is 0.733. The Balaban J connectivity index is 1.92. The van der Waals surface area contributed by atoms with Gasteiger partial charge in [-0.25, -0.2) is 0 Å². The second-order valence-electron chi connectivity index (χ2n) is 6.62. The molecule has 2 saturated carbocycles. The van der Waals surface area contributed by atoms with Gasteiger partial charge in [-0.3, -0.25) is 9.59 Å². The van der Waals surface area contributed by atoms with E-state index in [4.69, 9.17) is 4.74 Å². The summed E-state index contributed by atoms with van der Waals surface area (Å²) in [6.45, 7) is 1.98. The van der Waals surface area contributed by atoms with Gasteiger partial charge >= 0.3 is 5.97 Å². The summed E-state index contributed by atoms with van der Waals surface area (Å²) in [5.41, 5.74) is 0.513. The number of rotatable bonds is 0. The molecule has 1 unspecified atom stereocenters. The summed E-state index contributed by atoms with van der Waals surface area (Å²) >= 11 is 0. The quantitative estimate of drug-likeness (QED) is 0.616. The minimum atomic E-state index is -0.524. The molecule has 3 aliphatic carbocycles. The van der Waals surface area contributed by atoms with E-state index >= 15 is 0 Å². The van der Waals surface area contributed by atoms with Gasteiger partial charge in [0.15, 0.2) is 5.78 Å². The van der Waals surface area contributed by atoms with E-state index in [2.05, 4.69) is 6.08 Å². The number of ether oxygens (including phenoxy) is 1. The zero-order valence-electron chi connectivity index (χ0n) is 10.7. The SMILES string of the molecule is C[C@@]12CC(=O)C3=CCCC[C@@H](C(=O)O1)C2C31CC1. The highest BCUT2D eigenvalue weighted by Crippen LogP contribution is 2.69. The van der Waals surface area contributed by atoms with E-state index in [1.165, 1.54) is 0 Å². The first-order chi connectivity index (χ1) is 8.57. The molecule has 0 radical (unpaired) electrons. The van der Waals surface area contributed by atoms with Crippen LogP contribution in [0, 0.1) is 17.3 Å². The van der Waals surface area contributed by atoms with Gasteiger partial charge in [-0.1, -0.05) is 6.08 Å². The molecule has 1 saturated heterocycles. The standard InChI is InChI=1S/C15H18O3/c1-14-8-11(16)10-5-3-2-4-9(13(17)18-14)12(14)15(10)6-7-15/h5,9,12H,2-4,6-8H2,1H3/t9-,12?,14+/m1/s1. The molecule has 3 heteroatoms. The van der Waals surface area contributed by atoms with Crippen LogP contribution in [-0.2, 0) is 14.3 Å².